The number of hydrogen-bond donors (Lipinski definition) is 0. The maximum absolute atomic E-state index is 12.0. The monoisotopic (exact) mass is 408 g/mol. The lowest BCUT2D eigenvalue weighted by Gasteiger charge is -2.11. The quantitative estimate of drug-likeness (QED) is 0.371. The van der Waals surface area contributed by atoms with Gasteiger partial charge in [0.05, 0.1) is 30.1 Å². The van der Waals surface area contributed by atoms with Crippen molar-refractivity contribution in [3.05, 3.63) is 60.6 Å². The second-order valence-corrected chi connectivity index (χ2v) is 5.92. The van der Waals surface area contributed by atoms with Gasteiger partial charge in [-0.05, 0) is 29.9 Å². The Bertz CT molecular complexity index is 947. The number of methoxy groups -OCH3 is 2. The van der Waals surface area contributed by atoms with E-state index in [-0.39, 0.29) is 35.0 Å². The van der Waals surface area contributed by atoms with E-state index in [9.17, 15) is 25.3 Å². The van der Waals surface area contributed by atoms with E-state index in [1.54, 1.807) is 0 Å². The fourth-order valence-electron chi connectivity index (χ4n) is 2.46. The Kier molecular flexibility index (Phi) is 6.72. The number of nitro benzene ring substituents is 2. The first kappa shape index (κ1) is 20.9. The van der Waals surface area contributed by atoms with Gasteiger partial charge in [0.25, 0.3) is 11.4 Å². The van der Waals surface area contributed by atoms with Gasteiger partial charge in [-0.2, -0.15) is 0 Å². The molecule has 0 unspecified atom stereocenters. The SMILES string of the molecule is COc1cc(CCN=Cc2cc(Cl)cc([N+](=O)[O-])c2[O-])c([N+](=O)[O-])cc1OC. The summed E-state index contributed by atoms with van der Waals surface area (Å²) >= 11 is 5.79. The summed E-state index contributed by atoms with van der Waals surface area (Å²) in [4.78, 5) is 24.8. The zero-order valence-corrected chi connectivity index (χ0v) is 15.6. The van der Waals surface area contributed by atoms with Crippen LogP contribution in [0.4, 0.5) is 11.4 Å². The molecule has 0 amide bonds. The Hall–Kier alpha value is -3.40. The van der Waals surface area contributed by atoms with Gasteiger partial charge in [-0.15, -0.1) is 0 Å². The summed E-state index contributed by atoms with van der Waals surface area (Å²) in [5.41, 5.74) is -0.486. The highest BCUT2D eigenvalue weighted by Gasteiger charge is 2.19. The topological polar surface area (TPSA) is 140 Å². The van der Waals surface area contributed by atoms with E-state index in [2.05, 4.69) is 4.99 Å². The molecule has 0 aliphatic carbocycles. The van der Waals surface area contributed by atoms with Crippen LogP contribution in [0, 0.1) is 20.2 Å². The first-order valence-corrected chi connectivity index (χ1v) is 8.20. The summed E-state index contributed by atoms with van der Waals surface area (Å²) < 4.78 is 10.2. The number of rotatable bonds is 8. The molecule has 0 aliphatic heterocycles. The minimum absolute atomic E-state index is 0.0308. The lowest BCUT2D eigenvalue weighted by Crippen LogP contribution is -2.03. The molecule has 10 nitrogen and oxygen atoms in total. The van der Waals surface area contributed by atoms with Crippen molar-refractivity contribution in [1.82, 2.24) is 0 Å². The van der Waals surface area contributed by atoms with Crippen molar-refractivity contribution in [2.24, 2.45) is 4.99 Å². The summed E-state index contributed by atoms with van der Waals surface area (Å²) in [6, 6.07) is 4.97. The Labute approximate surface area is 164 Å². The molecule has 11 heteroatoms. The molecule has 0 atom stereocenters. The Morgan fingerprint density at radius 1 is 1.04 bits per heavy atom. The van der Waals surface area contributed by atoms with Crippen LogP contribution in [0.3, 0.4) is 0 Å². The number of benzene rings is 2. The molecule has 0 fully saturated rings. The zero-order chi connectivity index (χ0) is 20.8. The molecule has 0 spiro atoms. The van der Waals surface area contributed by atoms with E-state index in [0.29, 0.717) is 11.3 Å². The second kappa shape index (κ2) is 9.00. The molecule has 0 heterocycles. The molecular weight excluding hydrogens is 394 g/mol. The highest BCUT2D eigenvalue weighted by Crippen LogP contribution is 2.35. The van der Waals surface area contributed by atoms with Crippen molar-refractivity contribution in [3.8, 4) is 17.2 Å². The van der Waals surface area contributed by atoms with Crippen molar-refractivity contribution in [2.75, 3.05) is 20.8 Å². The molecule has 148 valence electrons. The number of aliphatic imine (C=N–C) groups is 1. The standard InChI is InChI=1S/C17H16ClN3O7/c1-27-15-6-10(13(20(23)24)8-16(15)28-2)3-4-19-9-11-5-12(18)7-14(17(11)22)21(25)26/h5-9,22H,3-4H2,1-2H3/p-1. The number of nitro groups is 2. The smallest absolute Gasteiger partial charge is 0.276 e. The van der Waals surface area contributed by atoms with Crippen LogP contribution in [0.5, 0.6) is 17.2 Å². The summed E-state index contributed by atoms with van der Waals surface area (Å²) in [6.45, 7) is 0.0933. The summed E-state index contributed by atoms with van der Waals surface area (Å²) in [5.74, 6) is -0.252. The zero-order valence-electron chi connectivity index (χ0n) is 14.9. The molecule has 28 heavy (non-hydrogen) atoms. The van der Waals surface area contributed by atoms with Gasteiger partial charge < -0.3 is 14.6 Å². The van der Waals surface area contributed by atoms with E-state index < -0.39 is 21.3 Å². The van der Waals surface area contributed by atoms with Gasteiger partial charge in [0.2, 0.25) is 0 Å². The summed E-state index contributed by atoms with van der Waals surface area (Å²) in [6.07, 6.45) is 1.33. The normalized spacial score (nSPS) is 10.8. The molecule has 0 bridgehead atoms. The van der Waals surface area contributed by atoms with E-state index in [1.807, 2.05) is 0 Å². The highest BCUT2D eigenvalue weighted by molar-refractivity contribution is 6.31. The molecule has 0 saturated heterocycles. The van der Waals surface area contributed by atoms with E-state index in [4.69, 9.17) is 21.1 Å². The van der Waals surface area contributed by atoms with Gasteiger partial charge in [0.15, 0.2) is 11.5 Å². The maximum atomic E-state index is 12.0. The lowest BCUT2D eigenvalue weighted by molar-refractivity contribution is -0.398. The Morgan fingerprint density at radius 2 is 1.64 bits per heavy atom. The Morgan fingerprint density at radius 3 is 2.21 bits per heavy atom. The van der Waals surface area contributed by atoms with E-state index in [1.165, 1.54) is 32.4 Å². The second-order valence-electron chi connectivity index (χ2n) is 5.48. The van der Waals surface area contributed by atoms with E-state index in [0.717, 1.165) is 12.3 Å². The molecule has 2 aromatic carbocycles. The highest BCUT2D eigenvalue weighted by atomic mass is 35.5. The third-order valence-electron chi connectivity index (χ3n) is 3.78. The Balaban J connectivity index is 2.24. The van der Waals surface area contributed by atoms with Crippen LogP contribution in [0.2, 0.25) is 5.02 Å². The number of ether oxygens (including phenoxy) is 2. The third-order valence-corrected chi connectivity index (χ3v) is 4.00. The van der Waals surface area contributed by atoms with Crippen molar-refractivity contribution in [3.63, 3.8) is 0 Å². The fraction of sp³-hybridized carbons (Fsp3) is 0.235. The van der Waals surface area contributed by atoms with Gasteiger partial charge in [-0.3, -0.25) is 25.2 Å². The van der Waals surface area contributed by atoms with Crippen LogP contribution in [0.1, 0.15) is 11.1 Å². The van der Waals surface area contributed by atoms with Gasteiger partial charge in [0, 0.05) is 29.4 Å². The van der Waals surface area contributed by atoms with Crippen molar-refractivity contribution < 1.29 is 24.4 Å². The molecular formula is C17H15ClN3O7-. The largest absolute Gasteiger partial charge is 0.867 e. The maximum Gasteiger partial charge on any atom is 0.276 e. The molecule has 0 radical (unpaired) electrons. The predicted octanol–water partition coefficient (Wildman–Crippen LogP) is 2.91. The van der Waals surface area contributed by atoms with Gasteiger partial charge in [0.1, 0.15) is 0 Å². The van der Waals surface area contributed by atoms with Gasteiger partial charge in [-0.1, -0.05) is 11.6 Å². The van der Waals surface area contributed by atoms with Crippen LogP contribution >= 0.6 is 11.6 Å². The number of nitrogens with zero attached hydrogens (tertiary/aromatic N) is 3. The van der Waals surface area contributed by atoms with Gasteiger partial charge >= 0.3 is 0 Å². The lowest BCUT2D eigenvalue weighted by atomic mass is 10.1. The van der Waals surface area contributed by atoms with Crippen molar-refractivity contribution in [2.45, 2.75) is 6.42 Å². The fourth-order valence-corrected chi connectivity index (χ4v) is 2.68. The minimum Gasteiger partial charge on any atom is -0.867 e. The molecule has 0 aliphatic rings. The van der Waals surface area contributed by atoms with Crippen molar-refractivity contribution >= 4 is 29.2 Å². The number of hydrogen-bond acceptors (Lipinski definition) is 8. The van der Waals surface area contributed by atoms with Crippen molar-refractivity contribution in [1.29, 1.82) is 0 Å². The molecule has 0 N–H and O–H groups in total. The van der Waals surface area contributed by atoms with Crippen LogP contribution in [-0.4, -0.2) is 36.8 Å². The van der Waals surface area contributed by atoms with Crippen LogP contribution in [-0.2, 0) is 6.42 Å². The third kappa shape index (κ3) is 4.65. The number of halogens is 1. The summed E-state index contributed by atoms with van der Waals surface area (Å²) in [7, 11) is 2.78. The van der Waals surface area contributed by atoms with Gasteiger partial charge in [-0.25, -0.2) is 0 Å². The molecule has 2 aromatic rings. The molecule has 0 saturated carbocycles. The van der Waals surface area contributed by atoms with Crippen LogP contribution in [0.15, 0.2) is 29.3 Å². The molecule has 2 rings (SSSR count). The van der Waals surface area contributed by atoms with E-state index >= 15 is 0 Å². The van der Waals surface area contributed by atoms with Crippen LogP contribution < -0.4 is 14.6 Å². The minimum atomic E-state index is -0.821. The van der Waals surface area contributed by atoms with Crippen LogP contribution in [0.25, 0.3) is 0 Å². The average molecular weight is 409 g/mol. The molecule has 0 aromatic heterocycles. The predicted molar refractivity (Wildman–Crippen MR) is 99.9 cm³/mol. The average Bonchev–Trinajstić information content (AvgIpc) is 2.66. The first-order chi connectivity index (χ1) is 13.3. The summed E-state index contributed by atoms with van der Waals surface area (Å²) in [5, 5.41) is 34.2. The first-order valence-electron chi connectivity index (χ1n) is 7.82.